The molecule has 2 rings (SSSR count). The van der Waals surface area contributed by atoms with Gasteiger partial charge in [-0.15, -0.1) is 0 Å². The molecule has 2 heteroatoms. The van der Waals surface area contributed by atoms with Crippen molar-refractivity contribution in [3.05, 3.63) is 35.4 Å². The molecule has 1 aliphatic heterocycles. The lowest BCUT2D eigenvalue weighted by atomic mass is 9.86. The minimum absolute atomic E-state index is 0.228. The molecular formula is C17H27NO. The summed E-state index contributed by atoms with van der Waals surface area (Å²) in [5.41, 5.74) is 3.31. The Balaban J connectivity index is 1.93. The zero-order valence-electron chi connectivity index (χ0n) is 12.9. The number of nitrogens with one attached hydrogen (secondary N) is 1. The molecule has 0 aromatic heterocycles. The molecule has 0 bridgehead atoms. The quantitative estimate of drug-likeness (QED) is 0.893. The maximum absolute atomic E-state index is 5.29. The van der Waals surface area contributed by atoms with Gasteiger partial charge in [-0.05, 0) is 23.5 Å². The van der Waals surface area contributed by atoms with Crippen LogP contribution in [0.25, 0.3) is 0 Å². The van der Waals surface area contributed by atoms with E-state index in [1.807, 2.05) is 0 Å². The molecule has 1 heterocycles. The van der Waals surface area contributed by atoms with Gasteiger partial charge in [0.2, 0.25) is 0 Å². The summed E-state index contributed by atoms with van der Waals surface area (Å²) in [6.07, 6.45) is 0. The molecule has 1 fully saturated rings. The van der Waals surface area contributed by atoms with E-state index in [9.17, 15) is 0 Å². The van der Waals surface area contributed by atoms with E-state index in [0.717, 1.165) is 19.8 Å². The molecule has 0 aliphatic carbocycles. The molecule has 0 amide bonds. The molecule has 19 heavy (non-hydrogen) atoms. The van der Waals surface area contributed by atoms with Gasteiger partial charge in [-0.3, -0.25) is 0 Å². The lowest BCUT2D eigenvalue weighted by Gasteiger charge is -2.39. The van der Waals surface area contributed by atoms with Crippen molar-refractivity contribution in [1.82, 2.24) is 5.32 Å². The number of hydrogen-bond donors (Lipinski definition) is 1. The third kappa shape index (κ3) is 3.58. The predicted molar refractivity (Wildman–Crippen MR) is 80.5 cm³/mol. The van der Waals surface area contributed by atoms with Gasteiger partial charge in [-0.25, -0.2) is 0 Å². The second kappa shape index (κ2) is 5.26. The number of benzene rings is 1. The minimum atomic E-state index is 0.228. The fourth-order valence-electron chi connectivity index (χ4n) is 2.34. The smallest absolute Gasteiger partial charge is 0.0554 e. The molecule has 1 unspecified atom stereocenters. The Morgan fingerprint density at radius 2 is 1.79 bits per heavy atom. The monoisotopic (exact) mass is 261 g/mol. The Hall–Kier alpha value is -0.860. The summed E-state index contributed by atoms with van der Waals surface area (Å²) in [7, 11) is 0. The van der Waals surface area contributed by atoms with Gasteiger partial charge in [0.25, 0.3) is 0 Å². The van der Waals surface area contributed by atoms with Crippen LogP contribution in [0.5, 0.6) is 0 Å². The van der Waals surface area contributed by atoms with E-state index < -0.39 is 0 Å². The maximum atomic E-state index is 5.29. The average Bonchev–Trinajstić information content (AvgIpc) is 2.33. The summed E-state index contributed by atoms with van der Waals surface area (Å²) in [6.45, 7) is 14.1. The first kappa shape index (κ1) is 14.5. The summed E-state index contributed by atoms with van der Waals surface area (Å²) in [6, 6.07) is 9.39. The second-order valence-corrected chi connectivity index (χ2v) is 7.28. The molecule has 1 saturated heterocycles. The number of ether oxygens (including phenoxy) is 1. The van der Waals surface area contributed by atoms with Gasteiger partial charge in [-0.2, -0.15) is 0 Å². The van der Waals surface area contributed by atoms with Gasteiger partial charge in [0.1, 0.15) is 0 Å². The molecule has 2 nitrogen and oxygen atoms in total. The van der Waals surface area contributed by atoms with Crippen molar-refractivity contribution in [3.8, 4) is 0 Å². The summed E-state index contributed by atoms with van der Waals surface area (Å²) in [5, 5.41) is 3.62. The summed E-state index contributed by atoms with van der Waals surface area (Å²) in [5.74, 6) is 0. The van der Waals surface area contributed by atoms with Crippen LogP contribution in [0.4, 0.5) is 0 Å². The average molecular weight is 261 g/mol. The Bertz CT molecular complexity index is 412. The highest BCUT2D eigenvalue weighted by Gasteiger charge is 2.33. The maximum Gasteiger partial charge on any atom is 0.0554 e. The van der Waals surface area contributed by atoms with Crippen LogP contribution in [0.2, 0.25) is 0 Å². The van der Waals surface area contributed by atoms with Crippen molar-refractivity contribution in [3.63, 3.8) is 0 Å². The summed E-state index contributed by atoms with van der Waals surface area (Å²) in [4.78, 5) is 0. The zero-order chi connectivity index (χ0) is 14.1. The van der Waals surface area contributed by atoms with Crippen molar-refractivity contribution in [2.75, 3.05) is 19.8 Å². The van der Waals surface area contributed by atoms with E-state index in [0.29, 0.717) is 11.5 Å². The molecular weight excluding hydrogens is 234 g/mol. The highest BCUT2D eigenvalue weighted by Crippen LogP contribution is 2.27. The minimum Gasteiger partial charge on any atom is -0.380 e. The molecule has 0 spiro atoms. The van der Waals surface area contributed by atoms with Crippen LogP contribution in [-0.2, 0) is 10.2 Å². The Morgan fingerprint density at radius 1 is 1.21 bits per heavy atom. The van der Waals surface area contributed by atoms with Gasteiger partial charge in [-0.1, -0.05) is 52.0 Å². The van der Waals surface area contributed by atoms with E-state index in [1.165, 1.54) is 11.1 Å². The van der Waals surface area contributed by atoms with E-state index >= 15 is 0 Å². The SMILES string of the molecule is CC(NCC1(C)COC1)c1ccc(C(C)(C)C)cc1. The predicted octanol–water partition coefficient (Wildman–Crippen LogP) is 3.67. The molecule has 1 aromatic rings. The first-order chi connectivity index (χ1) is 8.80. The van der Waals surface area contributed by atoms with Crippen LogP contribution in [0.1, 0.15) is 51.8 Å². The molecule has 1 aliphatic rings. The molecule has 0 saturated carbocycles. The highest BCUT2D eigenvalue weighted by molar-refractivity contribution is 5.29. The highest BCUT2D eigenvalue weighted by atomic mass is 16.5. The van der Waals surface area contributed by atoms with Crippen LogP contribution in [0.15, 0.2) is 24.3 Å². The van der Waals surface area contributed by atoms with Crippen LogP contribution in [0.3, 0.4) is 0 Å². The van der Waals surface area contributed by atoms with Gasteiger partial charge in [0, 0.05) is 18.0 Å². The van der Waals surface area contributed by atoms with Gasteiger partial charge in [0.15, 0.2) is 0 Å². The van der Waals surface area contributed by atoms with E-state index in [2.05, 4.69) is 64.2 Å². The van der Waals surface area contributed by atoms with Gasteiger partial charge >= 0.3 is 0 Å². The normalized spacial score (nSPS) is 19.8. The Kier molecular flexibility index (Phi) is 4.03. The summed E-state index contributed by atoms with van der Waals surface area (Å²) < 4.78 is 5.29. The van der Waals surface area contributed by atoms with Gasteiger partial charge < -0.3 is 10.1 Å². The lowest BCUT2D eigenvalue weighted by molar-refractivity contribution is -0.0999. The molecule has 1 N–H and O–H groups in total. The van der Waals surface area contributed by atoms with Crippen LogP contribution in [-0.4, -0.2) is 19.8 Å². The topological polar surface area (TPSA) is 21.3 Å². The molecule has 1 aromatic carbocycles. The van der Waals surface area contributed by atoms with Crippen LogP contribution in [0, 0.1) is 5.41 Å². The van der Waals surface area contributed by atoms with Crippen molar-refractivity contribution in [2.45, 2.75) is 46.1 Å². The first-order valence-electron chi connectivity index (χ1n) is 7.22. The largest absolute Gasteiger partial charge is 0.380 e. The Labute approximate surface area is 117 Å². The molecule has 106 valence electrons. The fourth-order valence-corrected chi connectivity index (χ4v) is 2.34. The third-order valence-corrected chi connectivity index (χ3v) is 4.01. The van der Waals surface area contributed by atoms with Crippen molar-refractivity contribution < 1.29 is 4.74 Å². The molecule has 1 atom stereocenters. The third-order valence-electron chi connectivity index (χ3n) is 4.01. The van der Waals surface area contributed by atoms with Crippen LogP contribution < -0.4 is 5.32 Å². The van der Waals surface area contributed by atoms with E-state index in [4.69, 9.17) is 4.74 Å². The summed E-state index contributed by atoms with van der Waals surface area (Å²) >= 11 is 0. The van der Waals surface area contributed by atoms with Crippen molar-refractivity contribution >= 4 is 0 Å². The van der Waals surface area contributed by atoms with Crippen molar-refractivity contribution in [1.29, 1.82) is 0 Å². The standard InChI is InChI=1S/C17H27NO/c1-13(18-10-17(5)11-19-12-17)14-6-8-15(9-7-14)16(2,3)4/h6-9,13,18H,10-12H2,1-5H3. The zero-order valence-corrected chi connectivity index (χ0v) is 12.9. The molecule has 0 radical (unpaired) electrons. The second-order valence-electron chi connectivity index (χ2n) is 7.28. The fraction of sp³-hybridized carbons (Fsp3) is 0.647. The van der Waals surface area contributed by atoms with Crippen LogP contribution >= 0.6 is 0 Å². The first-order valence-corrected chi connectivity index (χ1v) is 7.22. The van der Waals surface area contributed by atoms with Gasteiger partial charge in [0.05, 0.1) is 13.2 Å². The van der Waals surface area contributed by atoms with E-state index in [-0.39, 0.29) is 5.41 Å². The van der Waals surface area contributed by atoms with Crippen molar-refractivity contribution in [2.24, 2.45) is 5.41 Å². The van der Waals surface area contributed by atoms with E-state index in [1.54, 1.807) is 0 Å². The number of hydrogen-bond acceptors (Lipinski definition) is 2. The number of rotatable bonds is 4. The lowest BCUT2D eigenvalue weighted by Crippen LogP contribution is -2.47. The Morgan fingerprint density at radius 3 is 2.21 bits per heavy atom.